The maximum atomic E-state index is 8.56. The second kappa shape index (κ2) is 7.01. The van der Waals surface area contributed by atoms with Crippen LogP contribution in [0.15, 0.2) is 29.2 Å². The first-order valence-corrected chi connectivity index (χ1v) is 7.01. The molecule has 1 aromatic rings. The van der Waals surface area contributed by atoms with Gasteiger partial charge < -0.3 is 15.2 Å². The van der Waals surface area contributed by atoms with Crippen molar-refractivity contribution in [3.05, 3.63) is 29.8 Å². The third-order valence-electron chi connectivity index (χ3n) is 2.85. The average molecular weight is 253 g/mol. The number of thioether (sulfide) groups is 1. The molecule has 0 radical (unpaired) electrons. The lowest BCUT2D eigenvalue weighted by Gasteiger charge is -2.11. The summed E-state index contributed by atoms with van der Waals surface area (Å²) >= 11 is 1.94. The minimum atomic E-state index is 0.104. The SMILES string of the molecule is OCCOCCNCC1CSc2ccccc21. The molecule has 0 amide bonds. The Morgan fingerprint density at radius 3 is 3.12 bits per heavy atom. The summed E-state index contributed by atoms with van der Waals surface area (Å²) in [5.74, 6) is 1.79. The van der Waals surface area contributed by atoms with Crippen LogP contribution in [0.4, 0.5) is 0 Å². The van der Waals surface area contributed by atoms with Gasteiger partial charge in [-0.15, -0.1) is 11.8 Å². The molecule has 2 N–H and O–H groups in total. The number of nitrogens with one attached hydrogen (secondary N) is 1. The fraction of sp³-hybridized carbons (Fsp3) is 0.538. The quantitative estimate of drug-likeness (QED) is 0.722. The van der Waals surface area contributed by atoms with E-state index in [4.69, 9.17) is 9.84 Å². The van der Waals surface area contributed by atoms with Crippen LogP contribution >= 0.6 is 11.8 Å². The second-order valence-corrected chi connectivity index (χ2v) is 5.15. The molecule has 0 saturated carbocycles. The van der Waals surface area contributed by atoms with Crippen molar-refractivity contribution in [2.75, 3.05) is 38.7 Å². The van der Waals surface area contributed by atoms with Crippen molar-refractivity contribution in [1.82, 2.24) is 5.32 Å². The van der Waals surface area contributed by atoms with Gasteiger partial charge in [-0.05, 0) is 11.6 Å². The molecule has 94 valence electrons. The number of fused-ring (bicyclic) bond motifs is 1. The van der Waals surface area contributed by atoms with E-state index in [1.807, 2.05) is 11.8 Å². The Labute approximate surface area is 107 Å². The molecule has 4 heteroatoms. The Hall–Kier alpha value is -0.550. The smallest absolute Gasteiger partial charge is 0.0698 e. The van der Waals surface area contributed by atoms with E-state index < -0.39 is 0 Å². The topological polar surface area (TPSA) is 41.5 Å². The summed E-state index contributed by atoms with van der Waals surface area (Å²) in [4.78, 5) is 1.43. The molecule has 0 spiro atoms. The average Bonchev–Trinajstić information content (AvgIpc) is 2.77. The van der Waals surface area contributed by atoms with Crippen LogP contribution in [0.5, 0.6) is 0 Å². The molecule has 0 aliphatic carbocycles. The zero-order valence-electron chi connectivity index (χ0n) is 9.89. The molecule has 0 aromatic heterocycles. The van der Waals surface area contributed by atoms with Crippen molar-refractivity contribution in [1.29, 1.82) is 0 Å². The van der Waals surface area contributed by atoms with Crippen LogP contribution in [0.2, 0.25) is 0 Å². The first-order chi connectivity index (χ1) is 8.42. The van der Waals surface area contributed by atoms with E-state index >= 15 is 0 Å². The van der Waals surface area contributed by atoms with Gasteiger partial charge in [0.25, 0.3) is 0 Å². The van der Waals surface area contributed by atoms with Gasteiger partial charge in [-0.3, -0.25) is 0 Å². The fourth-order valence-electron chi connectivity index (χ4n) is 1.99. The van der Waals surface area contributed by atoms with Crippen LogP contribution in [-0.4, -0.2) is 43.8 Å². The van der Waals surface area contributed by atoms with Crippen molar-refractivity contribution < 1.29 is 9.84 Å². The Kier molecular flexibility index (Phi) is 5.32. The normalized spacial score (nSPS) is 18.3. The van der Waals surface area contributed by atoms with Crippen LogP contribution in [0, 0.1) is 0 Å². The molecule has 1 unspecified atom stereocenters. The van der Waals surface area contributed by atoms with E-state index in [9.17, 15) is 0 Å². The maximum absolute atomic E-state index is 8.56. The largest absolute Gasteiger partial charge is 0.394 e. The molecule has 1 heterocycles. The third-order valence-corrected chi connectivity index (χ3v) is 4.10. The molecule has 0 bridgehead atoms. The van der Waals surface area contributed by atoms with E-state index in [1.165, 1.54) is 16.2 Å². The van der Waals surface area contributed by atoms with Gasteiger partial charge in [0.15, 0.2) is 0 Å². The van der Waals surface area contributed by atoms with Crippen LogP contribution in [0.25, 0.3) is 0 Å². The first-order valence-electron chi connectivity index (χ1n) is 6.03. The van der Waals surface area contributed by atoms with E-state index in [0.29, 0.717) is 19.1 Å². The summed E-state index contributed by atoms with van der Waals surface area (Å²) in [6.07, 6.45) is 0. The number of hydrogen-bond donors (Lipinski definition) is 2. The molecule has 0 saturated heterocycles. The lowest BCUT2D eigenvalue weighted by atomic mass is 10.0. The van der Waals surface area contributed by atoms with Gasteiger partial charge in [-0.2, -0.15) is 0 Å². The molecule has 1 aromatic carbocycles. The van der Waals surface area contributed by atoms with Gasteiger partial charge >= 0.3 is 0 Å². The Bertz CT molecular complexity index is 346. The minimum absolute atomic E-state index is 0.104. The van der Waals surface area contributed by atoms with Crippen molar-refractivity contribution in [2.45, 2.75) is 10.8 Å². The van der Waals surface area contributed by atoms with E-state index in [1.54, 1.807) is 0 Å². The number of aliphatic hydroxyl groups is 1. The van der Waals surface area contributed by atoms with Gasteiger partial charge in [-0.1, -0.05) is 18.2 Å². The highest BCUT2D eigenvalue weighted by Crippen LogP contribution is 2.38. The lowest BCUT2D eigenvalue weighted by Crippen LogP contribution is -2.25. The zero-order chi connectivity index (χ0) is 11.9. The summed E-state index contributed by atoms with van der Waals surface area (Å²) < 4.78 is 5.20. The molecular weight excluding hydrogens is 234 g/mol. The molecule has 1 aliphatic heterocycles. The zero-order valence-corrected chi connectivity index (χ0v) is 10.7. The Balaban J connectivity index is 1.68. The number of rotatable bonds is 7. The lowest BCUT2D eigenvalue weighted by molar-refractivity contribution is 0.0939. The van der Waals surface area contributed by atoms with Gasteiger partial charge in [0, 0.05) is 29.7 Å². The third kappa shape index (κ3) is 3.71. The van der Waals surface area contributed by atoms with Gasteiger partial charge in [0.1, 0.15) is 0 Å². The van der Waals surface area contributed by atoms with Crippen molar-refractivity contribution in [3.63, 3.8) is 0 Å². The highest BCUT2D eigenvalue weighted by Gasteiger charge is 2.21. The molecule has 2 rings (SSSR count). The van der Waals surface area contributed by atoms with Gasteiger partial charge in [-0.25, -0.2) is 0 Å². The standard InChI is InChI=1S/C13H19NO2S/c15-6-8-16-7-5-14-9-11-10-17-13-4-2-1-3-12(11)13/h1-4,11,14-15H,5-10H2. The molecule has 17 heavy (non-hydrogen) atoms. The summed E-state index contributed by atoms with van der Waals surface area (Å²) in [5.41, 5.74) is 1.47. The van der Waals surface area contributed by atoms with Crippen LogP contribution in [-0.2, 0) is 4.74 Å². The molecule has 1 atom stereocenters. The van der Waals surface area contributed by atoms with E-state index in [-0.39, 0.29) is 6.61 Å². The number of benzene rings is 1. The molecule has 1 aliphatic rings. The second-order valence-electron chi connectivity index (χ2n) is 4.09. The van der Waals surface area contributed by atoms with Crippen LogP contribution in [0.1, 0.15) is 11.5 Å². The first kappa shape index (κ1) is 12.9. The highest BCUT2D eigenvalue weighted by atomic mass is 32.2. The van der Waals surface area contributed by atoms with E-state index in [0.717, 1.165) is 13.1 Å². The monoisotopic (exact) mass is 253 g/mol. The van der Waals surface area contributed by atoms with Gasteiger partial charge in [0.05, 0.1) is 19.8 Å². The number of hydrogen-bond acceptors (Lipinski definition) is 4. The van der Waals surface area contributed by atoms with Crippen molar-refractivity contribution in [3.8, 4) is 0 Å². The fourth-order valence-corrected chi connectivity index (χ4v) is 3.24. The van der Waals surface area contributed by atoms with E-state index in [2.05, 4.69) is 29.6 Å². The highest BCUT2D eigenvalue weighted by molar-refractivity contribution is 7.99. The Morgan fingerprint density at radius 2 is 2.24 bits per heavy atom. The maximum Gasteiger partial charge on any atom is 0.0698 e. The molecular formula is C13H19NO2S. The molecule has 3 nitrogen and oxygen atoms in total. The summed E-state index contributed by atoms with van der Waals surface area (Å²) in [5, 5.41) is 12.0. The predicted molar refractivity (Wildman–Crippen MR) is 70.7 cm³/mol. The predicted octanol–water partition coefficient (Wildman–Crippen LogP) is 1.47. The minimum Gasteiger partial charge on any atom is -0.394 e. The number of aliphatic hydroxyl groups excluding tert-OH is 1. The summed E-state index contributed by atoms with van der Waals surface area (Å²) in [7, 11) is 0. The molecule has 0 fully saturated rings. The van der Waals surface area contributed by atoms with Crippen molar-refractivity contribution >= 4 is 11.8 Å². The Morgan fingerprint density at radius 1 is 1.35 bits per heavy atom. The number of ether oxygens (including phenoxy) is 1. The van der Waals surface area contributed by atoms with Crippen LogP contribution < -0.4 is 5.32 Å². The summed E-state index contributed by atoms with van der Waals surface area (Å²) in [6, 6.07) is 8.64. The van der Waals surface area contributed by atoms with Gasteiger partial charge in [0.2, 0.25) is 0 Å². The van der Waals surface area contributed by atoms with Crippen LogP contribution in [0.3, 0.4) is 0 Å². The summed E-state index contributed by atoms with van der Waals surface area (Å²) in [6.45, 7) is 3.06. The van der Waals surface area contributed by atoms with Crippen molar-refractivity contribution in [2.24, 2.45) is 0 Å².